The highest BCUT2D eigenvalue weighted by Gasteiger charge is 2.27. The van der Waals surface area contributed by atoms with Crippen LogP contribution in [-0.2, 0) is 16.1 Å². The molecular formula is C35H35Cl2N3O5. The van der Waals surface area contributed by atoms with Crippen molar-refractivity contribution in [2.24, 2.45) is 0 Å². The van der Waals surface area contributed by atoms with Gasteiger partial charge in [-0.1, -0.05) is 65.2 Å². The third-order valence-corrected chi connectivity index (χ3v) is 8.69. The van der Waals surface area contributed by atoms with Crippen LogP contribution in [0.4, 0.5) is 0 Å². The first kappa shape index (κ1) is 32.3. The smallest absolute Gasteiger partial charge is 0.287 e. The van der Waals surface area contributed by atoms with Crippen molar-refractivity contribution in [2.75, 3.05) is 26.2 Å². The predicted molar refractivity (Wildman–Crippen MR) is 176 cm³/mol. The summed E-state index contributed by atoms with van der Waals surface area (Å²) in [6, 6.07) is 21.7. The summed E-state index contributed by atoms with van der Waals surface area (Å²) in [4.78, 5) is 53.5. The largest absolute Gasteiger partial charge is 0.451 e. The maximum Gasteiger partial charge on any atom is 0.287 e. The summed E-state index contributed by atoms with van der Waals surface area (Å²) in [5, 5.41) is 4.06. The molecule has 3 heterocycles. The molecule has 10 heteroatoms. The van der Waals surface area contributed by atoms with Gasteiger partial charge in [-0.15, -0.1) is 0 Å². The zero-order chi connectivity index (χ0) is 31.9. The number of amides is 3. The molecule has 3 amide bonds. The van der Waals surface area contributed by atoms with Crippen LogP contribution in [0.1, 0.15) is 58.8 Å². The van der Waals surface area contributed by atoms with E-state index < -0.39 is 5.91 Å². The second kappa shape index (κ2) is 14.8. The Hall–Kier alpha value is -4.14. The second-order valence-corrected chi connectivity index (χ2v) is 12.2. The zero-order valence-corrected chi connectivity index (χ0v) is 26.6. The molecule has 0 spiro atoms. The van der Waals surface area contributed by atoms with Gasteiger partial charge in [0.25, 0.3) is 5.91 Å². The average molecular weight is 649 g/mol. The first-order valence-electron chi connectivity index (χ1n) is 15.0. The van der Waals surface area contributed by atoms with Gasteiger partial charge in [0.05, 0.1) is 11.9 Å². The number of piperidine rings is 1. The fraction of sp³-hybridized carbons (Fsp3) is 0.314. The van der Waals surface area contributed by atoms with E-state index in [2.05, 4.69) is 17.4 Å². The van der Waals surface area contributed by atoms with E-state index >= 15 is 0 Å². The summed E-state index contributed by atoms with van der Waals surface area (Å²) in [7, 11) is 0. The molecule has 2 aliphatic heterocycles. The molecule has 6 rings (SSSR count). The molecule has 1 N–H and O–H groups in total. The van der Waals surface area contributed by atoms with Crippen molar-refractivity contribution in [2.45, 2.75) is 45.1 Å². The number of carbonyl (C=O) groups is 3. The molecule has 0 saturated carbocycles. The summed E-state index contributed by atoms with van der Waals surface area (Å²) in [6.07, 6.45) is 3.17. The van der Waals surface area contributed by atoms with Gasteiger partial charge in [0, 0.05) is 48.7 Å². The standard InChI is InChI=1S/C28H28ClN3O5.C7H7Cl/c29-20-7-8-24-22(14-20)23(33)15-25(37-24)28(36)30-16-27(35)31-12-9-18(10-13-31)21-5-2-1-4-19(21)17-32-11-3-6-26(32)34;1-6-2-4-7(8)5-3-6/h1-2,4-5,7-8,14-15,18H,3,6,9-13,16-17H2,(H,30,36);2-5H,1H3. The number of hydrogen-bond donors (Lipinski definition) is 1. The van der Waals surface area contributed by atoms with Gasteiger partial charge in [-0.25, -0.2) is 0 Å². The molecule has 8 nitrogen and oxygen atoms in total. The number of fused-ring (bicyclic) bond motifs is 1. The van der Waals surface area contributed by atoms with Gasteiger partial charge in [-0.3, -0.25) is 19.2 Å². The number of aryl methyl sites for hydroxylation is 1. The van der Waals surface area contributed by atoms with E-state index in [1.807, 2.05) is 48.2 Å². The fourth-order valence-corrected chi connectivity index (χ4v) is 6.02. The number of halogens is 2. The van der Waals surface area contributed by atoms with E-state index in [0.29, 0.717) is 37.0 Å². The molecule has 2 saturated heterocycles. The van der Waals surface area contributed by atoms with Crippen molar-refractivity contribution < 1.29 is 18.8 Å². The molecule has 0 radical (unpaired) electrons. The molecule has 0 atom stereocenters. The first-order chi connectivity index (χ1) is 21.7. The lowest BCUT2D eigenvalue weighted by atomic mass is 9.86. The minimum Gasteiger partial charge on any atom is -0.451 e. The van der Waals surface area contributed by atoms with Crippen molar-refractivity contribution in [1.82, 2.24) is 15.1 Å². The van der Waals surface area contributed by atoms with E-state index in [4.69, 9.17) is 27.6 Å². The summed E-state index contributed by atoms with van der Waals surface area (Å²) >= 11 is 11.5. The summed E-state index contributed by atoms with van der Waals surface area (Å²) < 4.78 is 5.55. The SMILES string of the molecule is Cc1ccc(Cl)cc1.O=C(NCC(=O)N1CCC(c2ccccc2CN2CCCC2=O)CC1)c1cc(=O)c2cc(Cl)ccc2o1. The van der Waals surface area contributed by atoms with Crippen LogP contribution in [0.2, 0.25) is 10.0 Å². The molecule has 3 aromatic carbocycles. The van der Waals surface area contributed by atoms with Crippen LogP contribution in [0.15, 0.2) is 82.0 Å². The molecule has 0 aliphatic carbocycles. The highest BCUT2D eigenvalue weighted by atomic mass is 35.5. The van der Waals surface area contributed by atoms with Crippen molar-refractivity contribution in [3.63, 3.8) is 0 Å². The van der Waals surface area contributed by atoms with Crippen LogP contribution in [0, 0.1) is 6.92 Å². The van der Waals surface area contributed by atoms with Crippen molar-refractivity contribution in [3.05, 3.63) is 116 Å². The molecule has 2 aliphatic rings. The van der Waals surface area contributed by atoms with Crippen molar-refractivity contribution in [3.8, 4) is 0 Å². The molecular weight excluding hydrogens is 613 g/mol. The first-order valence-corrected chi connectivity index (χ1v) is 15.8. The van der Waals surface area contributed by atoms with Crippen LogP contribution in [0.3, 0.4) is 0 Å². The maximum atomic E-state index is 12.8. The number of carbonyl (C=O) groups excluding carboxylic acids is 3. The number of nitrogens with one attached hydrogen (secondary N) is 1. The third-order valence-electron chi connectivity index (χ3n) is 8.20. The molecule has 0 unspecified atom stereocenters. The predicted octanol–water partition coefficient (Wildman–Crippen LogP) is 6.35. The van der Waals surface area contributed by atoms with E-state index in [1.54, 1.807) is 11.0 Å². The Kier molecular flexibility index (Phi) is 10.6. The molecule has 1 aromatic heterocycles. The van der Waals surface area contributed by atoms with E-state index in [1.165, 1.54) is 28.8 Å². The van der Waals surface area contributed by atoms with Crippen LogP contribution < -0.4 is 10.7 Å². The number of rotatable bonds is 6. The second-order valence-electron chi connectivity index (χ2n) is 11.4. The van der Waals surface area contributed by atoms with Crippen LogP contribution in [0.5, 0.6) is 0 Å². The number of benzene rings is 3. The van der Waals surface area contributed by atoms with Crippen molar-refractivity contribution >= 4 is 51.9 Å². The van der Waals surface area contributed by atoms with Gasteiger partial charge in [0.2, 0.25) is 11.8 Å². The molecule has 2 fully saturated rings. The highest BCUT2D eigenvalue weighted by Crippen LogP contribution is 2.31. The Morgan fingerprint density at radius 2 is 1.62 bits per heavy atom. The zero-order valence-electron chi connectivity index (χ0n) is 25.1. The van der Waals surface area contributed by atoms with E-state index in [9.17, 15) is 19.2 Å². The van der Waals surface area contributed by atoms with Crippen molar-refractivity contribution in [1.29, 1.82) is 0 Å². The average Bonchev–Trinajstić information content (AvgIpc) is 3.45. The Labute approximate surface area is 271 Å². The normalized spacial score (nSPS) is 15.1. The van der Waals surface area contributed by atoms with Crippen LogP contribution in [0.25, 0.3) is 11.0 Å². The summed E-state index contributed by atoms with van der Waals surface area (Å²) in [5.74, 6) is -0.433. The monoisotopic (exact) mass is 647 g/mol. The van der Waals surface area contributed by atoms with Gasteiger partial charge in [-0.05, 0) is 73.6 Å². The van der Waals surface area contributed by atoms with E-state index in [0.717, 1.165) is 36.9 Å². The third kappa shape index (κ3) is 8.32. The van der Waals surface area contributed by atoms with Gasteiger partial charge in [0.1, 0.15) is 5.58 Å². The van der Waals surface area contributed by atoms with Gasteiger partial charge >= 0.3 is 0 Å². The lowest BCUT2D eigenvalue weighted by Crippen LogP contribution is -2.44. The summed E-state index contributed by atoms with van der Waals surface area (Å²) in [5.41, 5.74) is 3.54. The molecule has 45 heavy (non-hydrogen) atoms. The Morgan fingerprint density at radius 3 is 2.31 bits per heavy atom. The van der Waals surface area contributed by atoms with Crippen LogP contribution in [-0.4, -0.2) is 53.7 Å². The molecule has 234 valence electrons. The number of likely N-dealkylation sites (tertiary alicyclic amines) is 2. The Morgan fingerprint density at radius 1 is 0.911 bits per heavy atom. The topological polar surface area (TPSA) is 99.9 Å². The molecule has 4 aromatic rings. The Balaban J connectivity index is 0.000000436. The molecule has 0 bridgehead atoms. The van der Waals surface area contributed by atoms with Gasteiger partial charge in [-0.2, -0.15) is 0 Å². The fourth-order valence-electron chi connectivity index (χ4n) is 5.72. The lowest BCUT2D eigenvalue weighted by molar-refractivity contribution is -0.131. The minimum atomic E-state index is -0.623. The number of nitrogens with zero attached hydrogens (tertiary/aromatic N) is 2. The minimum absolute atomic E-state index is 0.153. The van der Waals surface area contributed by atoms with Gasteiger partial charge in [0.15, 0.2) is 11.2 Å². The summed E-state index contributed by atoms with van der Waals surface area (Å²) in [6.45, 7) is 4.47. The lowest BCUT2D eigenvalue weighted by Gasteiger charge is -2.33. The Bertz CT molecular complexity index is 1730. The number of hydrogen-bond acceptors (Lipinski definition) is 5. The van der Waals surface area contributed by atoms with E-state index in [-0.39, 0.29) is 40.5 Å². The van der Waals surface area contributed by atoms with Gasteiger partial charge < -0.3 is 19.5 Å². The highest BCUT2D eigenvalue weighted by molar-refractivity contribution is 6.31. The quantitative estimate of drug-likeness (QED) is 0.263. The maximum absolute atomic E-state index is 12.8. The van der Waals surface area contributed by atoms with Crippen LogP contribution >= 0.6 is 23.2 Å².